The maximum atomic E-state index is 12.7. The van der Waals surface area contributed by atoms with Crippen molar-refractivity contribution in [2.45, 2.75) is 25.3 Å². The first-order valence-corrected chi connectivity index (χ1v) is 12.8. The zero-order chi connectivity index (χ0) is 26.1. The number of amides is 1. The molecule has 0 bridgehead atoms. The SMILES string of the molecule is NCCCCOc1ccc2cc(C(=O)NCC(NS(=O)(=O)C3=CCC=CC=C3)C(=O)O)cc(=O)n2c1. The van der Waals surface area contributed by atoms with Gasteiger partial charge in [-0.3, -0.25) is 18.8 Å². The molecule has 3 rings (SSSR count). The Balaban J connectivity index is 1.69. The number of unbranched alkanes of at least 4 members (excludes halogenated alkanes) is 1. The molecule has 0 aromatic carbocycles. The van der Waals surface area contributed by atoms with Gasteiger partial charge in [0, 0.05) is 23.7 Å². The summed E-state index contributed by atoms with van der Waals surface area (Å²) in [7, 11) is -4.13. The summed E-state index contributed by atoms with van der Waals surface area (Å²) in [5.41, 5.74) is 5.40. The molecule has 36 heavy (non-hydrogen) atoms. The van der Waals surface area contributed by atoms with Crippen molar-refractivity contribution in [3.63, 3.8) is 0 Å². The van der Waals surface area contributed by atoms with Gasteiger partial charge in [0.1, 0.15) is 11.8 Å². The van der Waals surface area contributed by atoms with Gasteiger partial charge in [0.15, 0.2) is 0 Å². The first-order valence-electron chi connectivity index (χ1n) is 11.3. The van der Waals surface area contributed by atoms with E-state index in [1.807, 2.05) is 0 Å². The maximum absolute atomic E-state index is 12.7. The van der Waals surface area contributed by atoms with E-state index in [0.717, 1.165) is 18.9 Å². The number of hydrogen-bond acceptors (Lipinski definition) is 7. The summed E-state index contributed by atoms with van der Waals surface area (Å²) in [4.78, 5) is 36.8. The lowest BCUT2D eigenvalue weighted by atomic mass is 10.2. The minimum atomic E-state index is -4.13. The molecule has 0 saturated heterocycles. The summed E-state index contributed by atoms with van der Waals surface area (Å²) in [6, 6.07) is 4.23. The number of fused-ring (bicyclic) bond motifs is 1. The van der Waals surface area contributed by atoms with Crippen molar-refractivity contribution in [3.05, 3.63) is 81.7 Å². The van der Waals surface area contributed by atoms with Crippen molar-refractivity contribution < 1.29 is 27.9 Å². The number of carboxylic acid groups (broad SMARTS) is 1. The smallest absolute Gasteiger partial charge is 0.323 e. The van der Waals surface area contributed by atoms with E-state index in [1.54, 1.807) is 24.3 Å². The van der Waals surface area contributed by atoms with Gasteiger partial charge in [-0.2, -0.15) is 4.72 Å². The molecule has 2 heterocycles. The second-order valence-electron chi connectivity index (χ2n) is 7.94. The monoisotopic (exact) mass is 516 g/mol. The summed E-state index contributed by atoms with van der Waals surface area (Å²) in [6.07, 6.45) is 11.2. The minimum absolute atomic E-state index is 0.00379. The molecule has 0 saturated carbocycles. The molecule has 2 aromatic rings. The molecular weight excluding hydrogens is 488 g/mol. The maximum Gasteiger partial charge on any atom is 0.323 e. The zero-order valence-electron chi connectivity index (χ0n) is 19.4. The number of carbonyl (C=O) groups excluding carboxylic acids is 1. The van der Waals surface area contributed by atoms with Crippen LogP contribution in [0.4, 0.5) is 0 Å². The Morgan fingerprint density at radius 1 is 1.19 bits per heavy atom. The standard InChI is InChI=1S/C24H28N4O7S/c25-11-5-6-12-35-19-10-9-18-13-17(14-22(29)28(18)16-19)23(30)26-15-21(24(31)32)27-36(33,34)20-7-3-1-2-4-8-20/h1-3,7-10,13-14,16,21,27H,4-6,11-12,15,25H2,(H,26,30)(H,31,32). The number of nitrogens with one attached hydrogen (secondary N) is 2. The topological polar surface area (TPSA) is 169 Å². The van der Waals surface area contributed by atoms with Crippen molar-refractivity contribution in [1.29, 1.82) is 0 Å². The second kappa shape index (κ2) is 12.3. The number of pyridine rings is 2. The van der Waals surface area contributed by atoms with Gasteiger partial charge in [0.25, 0.3) is 11.5 Å². The van der Waals surface area contributed by atoms with Crippen LogP contribution in [0.5, 0.6) is 5.75 Å². The normalized spacial score (nSPS) is 14.2. The summed E-state index contributed by atoms with van der Waals surface area (Å²) >= 11 is 0. The molecule has 1 unspecified atom stereocenters. The fraction of sp³-hybridized carbons (Fsp3) is 0.292. The van der Waals surface area contributed by atoms with Crippen LogP contribution in [0.3, 0.4) is 0 Å². The van der Waals surface area contributed by atoms with Crippen LogP contribution in [0.15, 0.2) is 70.5 Å². The van der Waals surface area contributed by atoms with Crippen LogP contribution in [0.2, 0.25) is 0 Å². The molecular formula is C24H28N4O7S. The Bertz CT molecular complexity index is 1380. The largest absolute Gasteiger partial charge is 0.492 e. The molecule has 0 fully saturated rings. The molecule has 1 aliphatic rings. The molecule has 192 valence electrons. The van der Waals surface area contributed by atoms with Crippen LogP contribution in [-0.4, -0.2) is 55.5 Å². The van der Waals surface area contributed by atoms with Crippen LogP contribution in [0.25, 0.3) is 5.52 Å². The summed E-state index contributed by atoms with van der Waals surface area (Å²) in [5, 5.41) is 11.9. The average molecular weight is 517 g/mol. The molecule has 12 heteroatoms. The second-order valence-corrected chi connectivity index (χ2v) is 9.65. The molecule has 11 nitrogen and oxygen atoms in total. The van der Waals surface area contributed by atoms with Crippen molar-refractivity contribution >= 4 is 27.4 Å². The van der Waals surface area contributed by atoms with E-state index >= 15 is 0 Å². The van der Waals surface area contributed by atoms with E-state index in [-0.39, 0.29) is 10.5 Å². The van der Waals surface area contributed by atoms with Crippen LogP contribution in [-0.2, 0) is 14.8 Å². The Morgan fingerprint density at radius 3 is 2.75 bits per heavy atom. The number of nitrogens with two attached hydrogens (primary N) is 1. The zero-order valence-corrected chi connectivity index (χ0v) is 20.2. The molecule has 0 spiro atoms. The van der Waals surface area contributed by atoms with E-state index in [4.69, 9.17) is 10.5 Å². The van der Waals surface area contributed by atoms with E-state index < -0.39 is 40.0 Å². The average Bonchev–Trinajstić information content (AvgIpc) is 3.14. The van der Waals surface area contributed by atoms with Gasteiger partial charge in [0.05, 0.1) is 17.7 Å². The quantitative estimate of drug-likeness (QED) is 0.302. The summed E-state index contributed by atoms with van der Waals surface area (Å²) in [5.74, 6) is -1.70. The lowest BCUT2D eigenvalue weighted by Crippen LogP contribution is -2.48. The van der Waals surface area contributed by atoms with Gasteiger partial charge in [-0.15, -0.1) is 0 Å². The van der Waals surface area contributed by atoms with Crippen molar-refractivity contribution in [1.82, 2.24) is 14.4 Å². The van der Waals surface area contributed by atoms with E-state index in [0.29, 0.717) is 30.8 Å². The number of nitrogens with zero attached hydrogens (tertiary/aromatic N) is 1. The molecule has 1 atom stereocenters. The fourth-order valence-corrected chi connectivity index (χ4v) is 4.62. The van der Waals surface area contributed by atoms with Crippen LogP contribution in [0, 0.1) is 0 Å². The molecule has 0 aliphatic heterocycles. The molecule has 5 N–H and O–H groups in total. The molecule has 0 radical (unpaired) electrons. The fourth-order valence-electron chi connectivity index (χ4n) is 3.35. The number of rotatable bonds is 12. The molecule has 2 aromatic heterocycles. The predicted octanol–water partition coefficient (Wildman–Crippen LogP) is 0.920. The highest BCUT2D eigenvalue weighted by molar-refractivity contribution is 7.93. The van der Waals surface area contributed by atoms with Crippen molar-refractivity contribution in [3.8, 4) is 5.75 Å². The van der Waals surface area contributed by atoms with Crippen LogP contribution in [0.1, 0.15) is 29.6 Å². The molecule has 1 amide bonds. The van der Waals surface area contributed by atoms with Crippen molar-refractivity contribution in [2.24, 2.45) is 5.73 Å². The van der Waals surface area contributed by atoms with Gasteiger partial charge in [-0.25, -0.2) is 8.42 Å². The number of aromatic nitrogens is 1. The van der Waals surface area contributed by atoms with E-state index in [2.05, 4.69) is 10.0 Å². The number of aliphatic carboxylic acids is 1. The Hall–Kier alpha value is -3.74. The number of allylic oxidation sites excluding steroid dienone is 5. The van der Waals surface area contributed by atoms with Gasteiger partial charge in [0.2, 0.25) is 10.0 Å². The Kier molecular flexibility index (Phi) is 9.17. The van der Waals surface area contributed by atoms with Crippen LogP contribution >= 0.6 is 0 Å². The third kappa shape index (κ3) is 7.13. The third-order valence-corrected chi connectivity index (χ3v) is 6.76. The first-order chi connectivity index (χ1) is 17.2. The number of carboxylic acids is 1. The van der Waals surface area contributed by atoms with E-state index in [9.17, 15) is 27.9 Å². The third-order valence-electron chi connectivity index (χ3n) is 5.24. The van der Waals surface area contributed by atoms with Gasteiger partial charge in [-0.1, -0.05) is 24.3 Å². The summed E-state index contributed by atoms with van der Waals surface area (Å²) < 4.78 is 34.2. The van der Waals surface area contributed by atoms with E-state index in [1.165, 1.54) is 34.9 Å². The molecule has 1 aliphatic carbocycles. The minimum Gasteiger partial charge on any atom is -0.492 e. The van der Waals surface area contributed by atoms with Gasteiger partial charge >= 0.3 is 5.97 Å². The highest BCUT2D eigenvalue weighted by Crippen LogP contribution is 2.14. The Morgan fingerprint density at radius 2 is 2.00 bits per heavy atom. The number of hydrogen-bond donors (Lipinski definition) is 4. The van der Waals surface area contributed by atoms with Gasteiger partial charge < -0.3 is 20.9 Å². The Labute approximate surface area is 208 Å². The lowest BCUT2D eigenvalue weighted by Gasteiger charge is -2.16. The lowest BCUT2D eigenvalue weighted by molar-refractivity contribution is -0.138. The van der Waals surface area contributed by atoms with Gasteiger partial charge in [-0.05, 0) is 50.1 Å². The van der Waals surface area contributed by atoms with Crippen LogP contribution < -0.4 is 26.1 Å². The number of carbonyl (C=O) groups is 2. The van der Waals surface area contributed by atoms with Crippen molar-refractivity contribution in [2.75, 3.05) is 19.7 Å². The highest BCUT2D eigenvalue weighted by Gasteiger charge is 2.26. The number of ether oxygens (including phenoxy) is 1. The first kappa shape index (κ1) is 26.9. The predicted molar refractivity (Wildman–Crippen MR) is 134 cm³/mol. The summed E-state index contributed by atoms with van der Waals surface area (Å²) in [6.45, 7) is 0.492. The highest BCUT2D eigenvalue weighted by atomic mass is 32.2. The number of sulfonamides is 1.